The second-order valence-corrected chi connectivity index (χ2v) is 6.54. The lowest BCUT2D eigenvalue weighted by molar-refractivity contribution is -0.138. The molecule has 0 atom stereocenters. The van der Waals surface area contributed by atoms with Crippen molar-refractivity contribution in [2.75, 3.05) is 31.9 Å². The van der Waals surface area contributed by atoms with E-state index in [1.165, 1.54) is 11.1 Å². The van der Waals surface area contributed by atoms with E-state index < -0.39 is 0 Å². The monoisotopic (exact) mass is 307 g/mol. The number of nitrogens with zero attached hydrogens (tertiary/aromatic N) is 1. The number of carbonyl (C=O) groups is 1. The van der Waals surface area contributed by atoms with Crippen LogP contribution in [0, 0.1) is 6.92 Å². The van der Waals surface area contributed by atoms with Crippen LogP contribution in [0.15, 0.2) is 18.2 Å². The highest BCUT2D eigenvalue weighted by Crippen LogP contribution is 2.14. The maximum atomic E-state index is 9.60. The number of hydrogen-bond acceptors (Lipinski definition) is 5. The average molecular weight is 307 g/mol. The first-order valence-corrected chi connectivity index (χ1v) is 7.71. The number of rotatable bonds is 3. The summed E-state index contributed by atoms with van der Waals surface area (Å²) in [5.74, 6) is 0. The van der Waals surface area contributed by atoms with Crippen molar-refractivity contribution >= 4 is 12.2 Å². The van der Waals surface area contributed by atoms with Crippen LogP contribution in [0.5, 0.6) is 0 Å². The van der Waals surface area contributed by atoms with E-state index in [1.807, 2.05) is 27.7 Å². The minimum absolute atomic E-state index is 0.318. The molecule has 0 aliphatic carbocycles. The number of anilines is 1. The lowest BCUT2D eigenvalue weighted by Crippen LogP contribution is -2.42. The lowest BCUT2D eigenvalue weighted by atomic mass is 10.1. The summed E-state index contributed by atoms with van der Waals surface area (Å²) in [6, 6.07) is 6.37. The minimum atomic E-state index is -0.318. The van der Waals surface area contributed by atoms with Crippen molar-refractivity contribution in [2.24, 2.45) is 0 Å². The molecule has 1 aromatic carbocycles. The highest BCUT2D eigenvalue weighted by atomic mass is 16.5. The molecular formula is C17H29N3O2. The molecule has 0 unspecified atom stereocenters. The Balaban J connectivity index is 0.000000295. The van der Waals surface area contributed by atoms with Crippen LogP contribution in [-0.4, -0.2) is 43.2 Å². The Bertz CT molecular complexity index is 463. The van der Waals surface area contributed by atoms with E-state index in [-0.39, 0.29) is 5.60 Å². The molecule has 0 amide bonds. The summed E-state index contributed by atoms with van der Waals surface area (Å²) in [5.41, 5.74) is 8.97. The van der Waals surface area contributed by atoms with Crippen LogP contribution in [0.1, 0.15) is 31.9 Å². The number of hydrogen-bond donors (Lipinski definition) is 2. The summed E-state index contributed by atoms with van der Waals surface area (Å²) < 4.78 is 4.55. The quantitative estimate of drug-likeness (QED) is 0.660. The fraction of sp³-hybridized carbons (Fsp3) is 0.588. The molecule has 0 radical (unpaired) electrons. The molecule has 1 heterocycles. The first-order chi connectivity index (χ1) is 10.3. The number of carbonyl (C=O) groups excluding carboxylic acids is 1. The first-order valence-electron chi connectivity index (χ1n) is 7.71. The Labute approximate surface area is 133 Å². The smallest absolute Gasteiger partial charge is 0.293 e. The van der Waals surface area contributed by atoms with Gasteiger partial charge in [0.15, 0.2) is 0 Å². The van der Waals surface area contributed by atoms with Crippen molar-refractivity contribution in [3.05, 3.63) is 29.3 Å². The number of nitrogens with two attached hydrogens (primary N) is 1. The summed E-state index contributed by atoms with van der Waals surface area (Å²) in [7, 11) is 0. The minimum Gasteiger partial charge on any atom is -0.462 e. The fourth-order valence-corrected chi connectivity index (χ4v) is 2.06. The van der Waals surface area contributed by atoms with Crippen LogP contribution in [0.4, 0.5) is 5.69 Å². The Morgan fingerprint density at radius 3 is 2.41 bits per heavy atom. The van der Waals surface area contributed by atoms with Gasteiger partial charge in [-0.15, -0.1) is 0 Å². The molecule has 3 N–H and O–H groups in total. The van der Waals surface area contributed by atoms with E-state index in [1.54, 1.807) is 0 Å². The van der Waals surface area contributed by atoms with Gasteiger partial charge in [-0.2, -0.15) is 0 Å². The maximum Gasteiger partial charge on any atom is 0.293 e. The van der Waals surface area contributed by atoms with Gasteiger partial charge in [-0.25, -0.2) is 0 Å². The third-order valence-electron chi connectivity index (χ3n) is 3.36. The SMILES string of the molecule is CC(C)(C)OC=O.Cc1ccc(CN2CCNCC2)cc1N. The number of ether oxygens (including phenoxy) is 1. The van der Waals surface area contributed by atoms with Crippen LogP contribution in [-0.2, 0) is 16.1 Å². The molecule has 0 aromatic heterocycles. The van der Waals surface area contributed by atoms with Gasteiger partial charge in [0.05, 0.1) is 0 Å². The predicted octanol–water partition coefficient (Wildman–Crippen LogP) is 1.94. The van der Waals surface area contributed by atoms with E-state index in [2.05, 4.69) is 33.2 Å². The molecule has 22 heavy (non-hydrogen) atoms. The van der Waals surface area contributed by atoms with Crippen molar-refractivity contribution in [3.63, 3.8) is 0 Å². The average Bonchev–Trinajstić information content (AvgIpc) is 2.43. The first kappa shape index (κ1) is 18.5. The van der Waals surface area contributed by atoms with Gasteiger partial charge < -0.3 is 15.8 Å². The van der Waals surface area contributed by atoms with Gasteiger partial charge in [-0.3, -0.25) is 9.69 Å². The van der Waals surface area contributed by atoms with E-state index in [4.69, 9.17) is 5.73 Å². The van der Waals surface area contributed by atoms with Crippen molar-refractivity contribution in [1.29, 1.82) is 0 Å². The highest BCUT2D eigenvalue weighted by molar-refractivity contribution is 5.48. The number of aryl methyl sites for hydroxylation is 1. The number of nitrogens with one attached hydrogen (secondary N) is 1. The van der Waals surface area contributed by atoms with Crippen molar-refractivity contribution in [2.45, 2.75) is 39.8 Å². The van der Waals surface area contributed by atoms with E-state index in [0.717, 1.165) is 38.4 Å². The van der Waals surface area contributed by atoms with Gasteiger partial charge in [0, 0.05) is 38.4 Å². The summed E-state index contributed by atoms with van der Waals surface area (Å²) in [4.78, 5) is 12.1. The summed E-state index contributed by atoms with van der Waals surface area (Å²) >= 11 is 0. The molecule has 1 saturated heterocycles. The molecule has 0 bridgehead atoms. The molecule has 0 saturated carbocycles. The largest absolute Gasteiger partial charge is 0.462 e. The molecule has 1 aliphatic rings. The topological polar surface area (TPSA) is 67.6 Å². The second kappa shape index (κ2) is 8.76. The Hall–Kier alpha value is -1.59. The summed E-state index contributed by atoms with van der Waals surface area (Å²) in [6.45, 7) is 13.4. The third kappa shape index (κ3) is 7.43. The normalized spacial score (nSPS) is 15.6. The Morgan fingerprint density at radius 2 is 1.95 bits per heavy atom. The predicted molar refractivity (Wildman–Crippen MR) is 90.6 cm³/mol. The van der Waals surface area contributed by atoms with Gasteiger partial charge in [0.2, 0.25) is 0 Å². The van der Waals surface area contributed by atoms with Crippen LogP contribution in [0.2, 0.25) is 0 Å². The van der Waals surface area contributed by atoms with E-state index in [0.29, 0.717) is 6.47 Å². The van der Waals surface area contributed by atoms with Crippen LogP contribution >= 0.6 is 0 Å². The van der Waals surface area contributed by atoms with Gasteiger partial charge in [-0.05, 0) is 44.9 Å². The standard InChI is InChI=1S/C12H19N3.C5H10O2/c1-10-2-3-11(8-12(10)13)9-15-6-4-14-5-7-15;1-5(2,3)7-4-6/h2-3,8,14H,4-7,9,13H2,1H3;4H,1-3H3. The molecule has 1 fully saturated rings. The van der Waals surface area contributed by atoms with E-state index >= 15 is 0 Å². The fourth-order valence-electron chi connectivity index (χ4n) is 2.06. The zero-order chi connectivity index (χ0) is 16.6. The molecule has 5 heteroatoms. The van der Waals surface area contributed by atoms with Gasteiger partial charge in [0.25, 0.3) is 6.47 Å². The molecule has 124 valence electrons. The van der Waals surface area contributed by atoms with Crippen LogP contribution in [0.25, 0.3) is 0 Å². The highest BCUT2D eigenvalue weighted by Gasteiger charge is 2.10. The van der Waals surface area contributed by atoms with E-state index in [9.17, 15) is 4.79 Å². The van der Waals surface area contributed by atoms with Gasteiger partial charge in [-0.1, -0.05) is 12.1 Å². The van der Waals surface area contributed by atoms with Crippen LogP contribution < -0.4 is 11.1 Å². The zero-order valence-corrected chi connectivity index (χ0v) is 14.2. The van der Waals surface area contributed by atoms with Crippen molar-refractivity contribution in [1.82, 2.24) is 10.2 Å². The maximum absolute atomic E-state index is 9.60. The van der Waals surface area contributed by atoms with Gasteiger partial charge in [0.1, 0.15) is 5.60 Å². The molecule has 5 nitrogen and oxygen atoms in total. The number of benzene rings is 1. The molecule has 0 spiro atoms. The molecule has 2 rings (SSSR count). The lowest BCUT2D eigenvalue weighted by Gasteiger charge is -2.27. The summed E-state index contributed by atoms with van der Waals surface area (Å²) in [6.07, 6.45) is 0. The molecular weight excluding hydrogens is 278 g/mol. The van der Waals surface area contributed by atoms with Gasteiger partial charge >= 0.3 is 0 Å². The van der Waals surface area contributed by atoms with Crippen LogP contribution in [0.3, 0.4) is 0 Å². The number of nitrogen functional groups attached to an aromatic ring is 1. The number of piperazine rings is 1. The van der Waals surface area contributed by atoms with Crippen molar-refractivity contribution in [3.8, 4) is 0 Å². The third-order valence-corrected chi connectivity index (χ3v) is 3.36. The second-order valence-electron chi connectivity index (χ2n) is 6.54. The zero-order valence-electron chi connectivity index (χ0n) is 14.2. The molecule has 1 aromatic rings. The Morgan fingerprint density at radius 1 is 1.32 bits per heavy atom. The van der Waals surface area contributed by atoms with Crippen molar-refractivity contribution < 1.29 is 9.53 Å². The Kier molecular flexibility index (Phi) is 7.35. The summed E-state index contributed by atoms with van der Waals surface area (Å²) in [5, 5.41) is 3.35. The molecule has 1 aliphatic heterocycles.